The summed E-state index contributed by atoms with van der Waals surface area (Å²) in [4.78, 5) is 0. The van der Waals surface area contributed by atoms with Gasteiger partial charge in [-0.25, -0.2) is 0 Å². The lowest BCUT2D eigenvalue weighted by atomic mass is 9.66. The molecule has 3 rings (SSSR count). The normalized spacial score (nSPS) is 44.2. The molecule has 0 radical (unpaired) electrons. The van der Waals surface area contributed by atoms with Crippen molar-refractivity contribution in [3.8, 4) is 0 Å². The van der Waals surface area contributed by atoms with E-state index in [9.17, 15) is 5.11 Å². The van der Waals surface area contributed by atoms with Crippen LogP contribution >= 0.6 is 11.8 Å². The molecule has 2 saturated heterocycles. The smallest absolute Gasteiger partial charge is 0.0784 e. The summed E-state index contributed by atoms with van der Waals surface area (Å²) in [5.41, 5.74) is -0.178. The molecule has 1 spiro atoms. The molecule has 0 aromatic rings. The van der Waals surface area contributed by atoms with Gasteiger partial charge < -0.3 is 9.84 Å². The van der Waals surface area contributed by atoms with Crippen molar-refractivity contribution in [3.63, 3.8) is 0 Å². The Hall–Kier alpha value is 0.270. The highest BCUT2D eigenvalue weighted by atomic mass is 32.2. The van der Waals surface area contributed by atoms with Crippen LogP contribution in [0.15, 0.2) is 0 Å². The van der Waals surface area contributed by atoms with Crippen LogP contribution in [0.2, 0.25) is 0 Å². The zero-order chi connectivity index (χ0) is 10.4. The Morgan fingerprint density at radius 2 is 2.13 bits per heavy atom. The largest absolute Gasteiger partial charge is 0.390 e. The molecule has 15 heavy (non-hydrogen) atoms. The lowest BCUT2D eigenvalue weighted by molar-refractivity contribution is -0.157. The molecule has 3 heteroatoms. The van der Waals surface area contributed by atoms with Crippen LogP contribution in [0.25, 0.3) is 0 Å². The quantitative estimate of drug-likeness (QED) is 0.746. The van der Waals surface area contributed by atoms with Crippen LogP contribution in [0.1, 0.15) is 38.5 Å². The SMILES string of the molecule is OC1(C2CCOC3(CCSC3)C2)CCC1. The number of aliphatic hydroxyl groups is 1. The first-order valence-corrected chi connectivity index (χ1v) is 7.32. The Morgan fingerprint density at radius 1 is 1.27 bits per heavy atom. The zero-order valence-electron chi connectivity index (χ0n) is 9.21. The van der Waals surface area contributed by atoms with Gasteiger partial charge in [-0.1, -0.05) is 0 Å². The number of hydrogen-bond acceptors (Lipinski definition) is 3. The van der Waals surface area contributed by atoms with Gasteiger partial charge in [0, 0.05) is 12.4 Å². The fourth-order valence-electron chi connectivity index (χ4n) is 3.30. The molecule has 2 heterocycles. The van der Waals surface area contributed by atoms with Gasteiger partial charge >= 0.3 is 0 Å². The van der Waals surface area contributed by atoms with E-state index in [0.29, 0.717) is 5.92 Å². The summed E-state index contributed by atoms with van der Waals surface area (Å²) < 4.78 is 5.99. The van der Waals surface area contributed by atoms with Gasteiger partial charge in [0.15, 0.2) is 0 Å². The standard InChI is InChI=1S/C12H20O2S/c13-12(3-1-4-12)10-2-6-14-11(8-10)5-7-15-9-11/h10,13H,1-9H2. The van der Waals surface area contributed by atoms with Crippen molar-refractivity contribution < 1.29 is 9.84 Å². The predicted molar refractivity (Wildman–Crippen MR) is 62.1 cm³/mol. The first-order chi connectivity index (χ1) is 7.23. The number of rotatable bonds is 1. The second kappa shape index (κ2) is 3.64. The van der Waals surface area contributed by atoms with Crippen molar-refractivity contribution in [2.24, 2.45) is 5.92 Å². The molecule has 3 aliphatic rings. The zero-order valence-corrected chi connectivity index (χ0v) is 10.0. The molecular formula is C12H20O2S. The third kappa shape index (κ3) is 1.73. The van der Waals surface area contributed by atoms with Crippen LogP contribution in [-0.2, 0) is 4.74 Å². The van der Waals surface area contributed by atoms with Crippen LogP contribution in [0.4, 0.5) is 0 Å². The Labute approximate surface area is 95.8 Å². The maximum atomic E-state index is 10.4. The summed E-state index contributed by atoms with van der Waals surface area (Å²) in [5.74, 6) is 2.91. The number of hydrogen-bond donors (Lipinski definition) is 1. The predicted octanol–water partition coefficient (Wildman–Crippen LogP) is 2.20. The van der Waals surface area contributed by atoms with E-state index in [1.54, 1.807) is 0 Å². The molecule has 0 aromatic carbocycles. The van der Waals surface area contributed by atoms with Crippen LogP contribution < -0.4 is 0 Å². The second-order valence-corrected chi connectivity index (χ2v) is 6.59. The van der Waals surface area contributed by atoms with Gasteiger partial charge in [-0.15, -0.1) is 0 Å². The number of ether oxygens (including phenoxy) is 1. The highest BCUT2D eigenvalue weighted by Crippen LogP contribution is 2.48. The van der Waals surface area contributed by atoms with E-state index in [1.807, 2.05) is 11.8 Å². The minimum atomic E-state index is -0.315. The molecule has 1 N–H and O–H groups in total. The summed E-state index contributed by atoms with van der Waals surface area (Å²) in [6, 6.07) is 0. The van der Waals surface area contributed by atoms with Gasteiger partial charge in [0.05, 0.1) is 11.2 Å². The van der Waals surface area contributed by atoms with Crippen molar-refractivity contribution in [1.82, 2.24) is 0 Å². The summed E-state index contributed by atoms with van der Waals surface area (Å²) in [7, 11) is 0. The molecule has 0 aromatic heterocycles. The maximum Gasteiger partial charge on any atom is 0.0784 e. The minimum absolute atomic E-state index is 0.138. The highest BCUT2D eigenvalue weighted by molar-refractivity contribution is 7.99. The Kier molecular flexibility index (Phi) is 2.53. The molecule has 2 unspecified atom stereocenters. The summed E-state index contributed by atoms with van der Waals surface area (Å²) in [5, 5.41) is 10.4. The van der Waals surface area contributed by atoms with Crippen molar-refractivity contribution in [2.45, 2.75) is 49.7 Å². The van der Waals surface area contributed by atoms with Gasteiger partial charge in [-0.05, 0) is 50.2 Å². The molecule has 0 bridgehead atoms. The molecule has 2 atom stereocenters. The third-order valence-electron chi connectivity index (χ3n) is 4.54. The highest BCUT2D eigenvalue weighted by Gasteiger charge is 2.49. The second-order valence-electron chi connectivity index (χ2n) is 5.48. The molecule has 3 fully saturated rings. The molecule has 2 nitrogen and oxygen atoms in total. The molecule has 2 aliphatic heterocycles. The number of thioether (sulfide) groups is 1. The molecule has 86 valence electrons. The fourth-order valence-corrected chi connectivity index (χ4v) is 4.68. The Bertz CT molecular complexity index is 244. The van der Waals surface area contributed by atoms with E-state index in [4.69, 9.17) is 4.74 Å². The van der Waals surface area contributed by atoms with Crippen LogP contribution in [0.3, 0.4) is 0 Å². The van der Waals surface area contributed by atoms with Crippen LogP contribution in [-0.4, -0.2) is 34.4 Å². The maximum absolute atomic E-state index is 10.4. The first kappa shape index (κ1) is 10.4. The summed E-state index contributed by atoms with van der Waals surface area (Å²) in [6.45, 7) is 0.869. The monoisotopic (exact) mass is 228 g/mol. The van der Waals surface area contributed by atoms with E-state index < -0.39 is 0 Å². The van der Waals surface area contributed by atoms with Gasteiger partial charge in [0.25, 0.3) is 0 Å². The van der Waals surface area contributed by atoms with E-state index >= 15 is 0 Å². The van der Waals surface area contributed by atoms with E-state index in [-0.39, 0.29) is 11.2 Å². The lowest BCUT2D eigenvalue weighted by Crippen LogP contribution is -2.51. The minimum Gasteiger partial charge on any atom is -0.390 e. The van der Waals surface area contributed by atoms with Crippen molar-refractivity contribution >= 4 is 11.8 Å². The summed E-state index contributed by atoms with van der Waals surface area (Å²) >= 11 is 2.01. The fraction of sp³-hybridized carbons (Fsp3) is 1.00. The van der Waals surface area contributed by atoms with Crippen molar-refractivity contribution in [2.75, 3.05) is 18.1 Å². The van der Waals surface area contributed by atoms with Gasteiger partial charge in [-0.2, -0.15) is 11.8 Å². The molecular weight excluding hydrogens is 208 g/mol. The van der Waals surface area contributed by atoms with E-state index in [1.165, 1.54) is 18.6 Å². The van der Waals surface area contributed by atoms with E-state index in [2.05, 4.69) is 0 Å². The molecule has 1 saturated carbocycles. The Balaban J connectivity index is 1.70. The van der Waals surface area contributed by atoms with Gasteiger partial charge in [-0.3, -0.25) is 0 Å². The van der Waals surface area contributed by atoms with Crippen LogP contribution in [0.5, 0.6) is 0 Å². The molecule has 1 aliphatic carbocycles. The van der Waals surface area contributed by atoms with Crippen LogP contribution in [0, 0.1) is 5.92 Å². The Morgan fingerprint density at radius 3 is 2.73 bits per heavy atom. The third-order valence-corrected chi connectivity index (χ3v) is 5.76. The average molecular weight is 228 g/mol. The van der Waals surface area contributed by atoms with Gasteiger partial charge in [0.2, 0.25) is 0 Å². The topological polar surface area (TPSA) is 29.5 Å². The summed E-state index contributed by atoms with van der Waals surface area (Å²) in [6.07, 6.45) is 6.65. The van der Waals surface area contributed by atoms with Crippen molar-refractivity contribution in [3.05, 3.63) is 0 Å². The van der Waals surface area contributed by atoms with E-state index in [0.717, 1.165) is 38.0 Å². The lowest BCUT2D eigenvalue weighted by Gasteiger charge is -2.49. The first-order valence-electron chi connectivity index (χ1n) is 6.17. The molecule has 0 amide bonds. The van der Waals surface area contributed by atoms with Crippen molar-refractivity contribution in [1.29, 1.82) is 0 Å². The van der Waals surface area contributed by atoms with Gasteiger partial charge in [0.1, 0.15) is 0 Å². The average Bonchev–Trinajstić information content (AvgIpc) is 2.63.